The lowest BCUT2D eigenvalue weighted by atomic mass is 10.0. The molecule has 35 heavy (non-hydrogen) atoms. The fourth-order valence-corrected chi connectivity index (χ4v) is 4.22. The molecule has 0 spiro atoms. The number of nitrogens with zero attached hydrogens (tertiary/aromatic N) is 1. The molecule has 2 aromatic carbocycles. The maximum absolute atomic E-state index is 13.1. The average molecular weight is 484 g/mol. The van der Waals surface area contributed by atoms with Gasteiger partial charge in [0, 0.05) is 38.0 Å². The summed E-state index contributed by atoms with van der Waals surface area (Å²) in [5.41, 5.74) is 1.41. The summed E-state index contributed by atoms with van der Waals surface area (Å²) in [6.45, 7) is 2.38. The molecule has 0 saturated carbocycles. The van der Waals surface area contributed by atoms with E-state index >= 15 is 0 Å². The first-order chi connectivity index (χ1) is 16.9. The molecule has 1 atom stereocenters. The van der Waals surface area contributed by atoms with Gasteiger partial charge in [-0.15, -0.1) is 0 Å². The van der Waals surface area contributed by atoms with Crippen LogP contribution >= 0.6 is 0 Å². The predicted octanol–water partition coefficient (Wildman–Crippen LogP) is 2.18. The Bertz CT molecular complexity index is 1010. The maximum Gasteiger partial charge on any atom is 0.254 e. The lowest BCUT2D eigenvalue weighted by molar-refractivity contribution is -0.128. The fraction of sp³-hybridized carbons (Fsp3) is 0.423. The van der Waals surface area contributed by atoms with E-state index in [1.54, 1.807) is 17.0 Å². The van der Waals surface area contributed by atoms with Crippen LogP contribution in [0.1, 0.15) is 35.7 Å². The molecule has 3 rings (SSSR count). The Morgan fingerprint density at radius 2 is 1.57 bits per heavy atom. The largest absolute Gasteiger partial charge is 0.493 e. The quantitative estimate of drug-likeness (QED) is 0.566. The first kappa shape index (κ1) is 25.9. The van der Waals surface area contributed by atoms with Gasteiger partial charge in [-0.3, -0.25) is 14.4 Å². The second-order valence-corrected chi connectivity index (χ2v) is 8.43. The minimum atomic E-state index is -0.659. The summed E-state index contributed by atoms with van der Waals surface area (Å²) in [6.07, 6.45) is 1.63. The summed E-state index contributed by atoms with van der Waals surface area (Å²) < 4.78 is 16.0. The van der Waals surface area contributed by atoms with Crippen LogP contribution in [0.3, 0.4) is 0 Å². The second kappa shape index (κ2) is 12.1. The molecule has 1 heterocycles. The third-order valence-electron chi connectivity index (χ3n) is 6.02. The van der Waals surface area contributed by atoms with E-state index in [2.05, 4.69) is 10.6 Å². The molecule has 0 aliphatic carbocycles. The van der Waals surface area contributed by atoms with Gasteiger partial charge in [-0.05, 0) is 30.5 Å². The Labute approximate surface area is 205 Å². The van der Waals surface area contributed by atoms with Crippen molar-refractivity contribution < 1.29 is 28.6 Å². The van der Waals surface area contributed by atoms with Crippen molar-refractivity contribution in [3.05, 3.63) is 53.6 Å². The van der Waals surface area contributed by atoms with E-state index in [1.165, 1.54) is 28.3 Å². The van der Waals surface area contributed by atoms with E-state index in [9.17, 15) is 14.4 Å². The van der Waals surface area contributed by atoms with E-state index < -0.39 is 6.04 Å². The Kier molecular flexibility index (Phi) is 8.94. The molecule has 2 aromatic rings. The van der Waals surface area contributed by atoms with Crippen molar-refractivity contribution in [2.24, 2.45) is 0 Å². The number of nitrogens with one attached hydrogen (secondary N) is 2. The normalized spacial score (nSPS) is 14.6. The zero-order chi connectivity index (χ0) is 25.4. The van der Waals surface area contributed by atoms with E-state index in [0.717, 1.165) is 5.56 Å². The first-order valence-corrected chi connectivity index (χ1v) is 11.6. The number of amides is 3. The van der Waals surface area contributed by atoms with Crippen molar-refractivity contribution >= 4 is 17.7 Å². The van der Waals surface area contributed by atoms with Crippen LogP contribution < -0.4 is 24.8 Å². The van der Waals surface area contributed by atoms with Crippen LogP contribution in [0.4, 0.5) is 0 Å². The predicted molar refractivity (Wildman–Crippen MR) is 131 cm³/mol. The van der Waals surface area contributed by atoms with Gasteiger partial charge in [-0.1, -0.05) is 30.3 Å². The van der Waals surface area contributed by atoms with Crippen molar-refractivity contribution in [1.29, 1.82) is 0 Å². The van der Waals surface area contributed by atoms with Crippen LogP contribution in [-0.2, 0) is 16.0 Å². The van der Waals surface area contributed by atoms with Crippen molar-refractivity contribution in [1.82, 2.24) is 15.5 Å². The number of hydrogen-bond donors (Lipinski definition) is 2. The van der Waals surface area contributed by atoms with Gasteiger partial charge in [0.25, 0.3) is 5.91 Å². The van der Waals surface area contributed by atoms with Crippen LogP contribution in [0.2, 0.25) is 0 Å². The molecular formula is C26H33N3O6. The zero-order valence-corrected chi connectivity index (χ0v) is 20.6. The number of hydrogen-bond acceptors (Lipinski definition) is 6. The Hall–Kier alpha value is -3.75. The number of carbonyl (C=O) groups is 3. The zero-order valence-electron chi connectivity index (χ0n) is 20.6. The number of piperidine rings is 1. The highest BCUT2D eigenvalue weighted by molar-refractivity contribution is 5.95. The van der Waals surface area contributed by atoms with Gasteiger partial charge in [-0.2, -0.15) is 0 Å². The first-order valence-electron chi connectivity index (χ1n) is 11.6. The highest BCUT2D eigenvalue weighted by Gasteiger charge is 2.28. The number of carbonyl (C=O) groups excluding carboxylic acids is 3. The van der Waals surface area contributed by atoms with Gasteiger partial charge >= 0.3 is 0 Å². The number of likely N-dealkylation sites (tertiary alicyclic amines) is 1. The molecule has 2 N–H and O–H groups in total. The second-order valence-electron chi connectivity index (χ2n) is 8.43. The van der Waals surface area contributed by atoms with Gasteiger partial charge in [0.2, 0.25) is 17.6 Å². The van der Waals surface area contributed by atoms with Gasteiger partial charge in [0.15, 0.2) is 11.5 Å². The van der Waals surface area contributed by atoms with Crippen LogP contribution in [0.15, 0.2) is 42.5 Å². The van der Waals surface area contributed by atoms with Gasteiger partial charge in [0.05, 0.1) is 21.3 Å². The molecular weight excluding hydrogens is 450 g/mol. The number of rotatable bonds is 9. The molecule has 1 saturated heterocycles. The molecule has 9 heteroatoms. The van der Waals surface area contributed by atoms with Crippen LogP contribution in [0, 0.1) is 0 Å². The highest BCUT2D eigenvalue weighted by atomic mass is 16.5. The smallest absolute Gasteiger partial charge is 0.254 e. The van der Waals surface area contributed by atoms with Crippen LogP contribution in [0.5, 0.6) is 17.2 Å². The molecule has 0 radical (unpaired) electrons. The van der Waals surface area contributed by atoms with Crippen LogP contribution in [0.25, 0.3) is 0 Å². The summed E-state index contributed by atoms with van der Waals surface area (Å²) in [5.74, 6) is 0.635. The molecule has 1 aliphatic rings. The van der Waals surface area contributed by atoms with Gasteiger partial charge in [-0.25, -0.2) is 0 Å². The monoisotopic (exact) mass is 483 g/mol. The van der Waals surface area contributed by atoms with Gasteiger partial charge < -0.3 is 29.7 Å². The van der Waals surface area contributed by atoms with Crippen molar-refractivity contribution in [3.63, 3.8) is 0 Å². The van der Waals surface area contributed by atoms with E-state index in [4.69, 9.17) is 14.2 Å². The minimum Gasteiger partial charge on any atom is -0.493 e. The maximum atomic E-state index is 13.1. The topological polar surface area (TPSA) is 106 Å². The summed E-state index contributed by atoms with van der Waals surface area (Å²) in [4.78, 5) is 39.5. The number of methoxy groups -OCH3 is 3. The summed E-state index contributed by atoms with van der Waals surface area (Å²) in [5, 5.41) is 5.79. The Balaban J connectivity index is 1.61. The van der Waals surface area contributed by atoms with E-state index in [1.807, 2.05) is 30.3 Å². The van der Waals surface area contributed by atoms with Crippen LogP contribution in [-0.4, -0.2) is 69.1 Å². The van der Waals surface area contributed by atoms with Crippen molar-refractivity contribution in [3.8, 4) is 17.2 Å². The molecule has 0 unspecified atom stereocenters. The minimum absolute atomic E-state index is 0.0847. The third-order valence-corrected chi connectivity index (χ3v) is 6.02. The van der Waals surface area contributed by atoms with Crippen molar-refractivity contribution in [2.75, 3.05) is 34.4 Å². The fourth-order valence-electron chi connectivity index (χ4n) is 4.22. The highest BCUT2D eigenvalue weighted by Crippen LogP contribution is 2.38. The van der Waals surface area contributed by atoms with E-state index in [-0.39, 0.29) is 23.8 Å². The lowest BCUT2D eigenvalue weighted by Crippen LogP contribution is -2.53. The Morgan fingerprint density at radius 1 is 0.971 bits per heavy atom. The molecule has 1 aliphatic heterocycles. The lowest BCUT2D eigenvalue weighted by Gasteiger charge is -2.33. The molecule has 0 aromatic heterocycles. The molecule has 188 valence electrons. The average Bonchev–Trinajstić information content (AvgIpc) is 2.87. The SMILES string of the molecule is COc1cc(C(=O)N2CCC(NC(=O)[C@H](Cc3ccccc3)NC(C)=O)CC2)cc(OC)c1OC. The molecule has 9 nitrogen and oxygen atoms in total. The summed E-state index contributed by atoms with van der Waals surface area (Å²) >= 11 is 0. The number of benzene rings is 2. The summed E-state index contributed by atoms with van der Waals surface area (Å²) in [6, 6.07) is 12.1. The summed E-state index contributed by atoms with van der Waals surface area (Å²) in [7, 11) is 4.52. The molecule has 0 bridgehead atoms. The standard InChI is InChI=1S/C26H33N3O6/c1-17(30)27-21(14-18-8-6-5-7-9-18)25(31)28-20-10-12-29(13-11-20)26(32)19-15-22(33-2)24(35-4)23(16-19)34-3/h5-9,15-16,20-21H,10-14H2,1-4H3,(H,27,30)(H,28,31)/t21-/m0/s1. The molecule has 3 amide bonds. The van der Waals surface area contributed by atoms with Gasteiger partial charge in [0.1, 0.15) is 6.04 Å². The Morgan fingerprint density at radius 3 is 2.09 bits per heavy atom. The third kappa shape index (κ3) is 6.65. The number of ether oxygens (including phenoxy) is 3. The molecule has 1 fully saturated rings. The van der Waals surface area contributed by atoms with E-state index in [0.29, 0.717) is 55.2 Å². The van der Waals surface area contributed by atoms with Crippen molar-refractivity contribution in [2.45, 2.75) is 38.3 Å².